The third-order valence-electron chi connectivity index (χ3n) is 1.37. The fraction of sp³-hybridized carbons (Fsp3) is 1.00. The van der Waals surface area contributed by atoms with Crippen molar-refractivity contribution in [2.45, 2.75) is 103 Å². The molecule has 0 aromatic rings. The monoisotopic (exact) mass is 236 g/mol. The molecule has 0 aromatic carbocycles. The van der Waals surface area contributed by atoms with Gasteiger partial charge in [0, 0.05) is 0 Å². The van der Waals surface area contributed by atoms with Crippen LogP contribution in [-0.4, -0.2) is 0 Å². The van der Waals surface area contributed by atoms with Gasteiger partial charge in [-0.05, 0) is 5.92 Å². The van der Waals surface area contributed by atoms with E-state index in [0.717, 1.165) is 5.92 Å². The smallest absolute Gasteiger partial charge is 0.0471 e. The third kappa shape index (κ3) is 148. The van der Waals surface area contributed by atoms with Crippen LogP contribution < -0.4 is 0 Å². The topological polar surface area (TPSA) is 0 Å². The van der Waals surface area contributed by atoms with Crippen molar-refractivity contribution in [2.75, 3.05) is 0 Å². The molecule has 108 valence electrons. The molecule has 0 radical (unpaired) electrons. The molecule has 0 saturated carbocycles. The zero-order chi connectivity index (χ0) is 11.1. The Bertz CT molecular complexity index is 44.0. The van der Waals surface area contributed by atoms with Gasteiger partial charge in [-0.15, -0.1) is 0 Å². The number of hydrogen-bond donors (Lipinski definition) is 0. The maximum atomic E-state index is 2.25. The highest BCUT2D eigenvalue weighted by atomic mass is 13.9. The van der Waals surface area contributed by atoms with Crippen molar-refractivity contribution >= 4 is 0 Å². The number of hydrogen-bond acceptors (Lipinski definition) is 0. The third-order valence-corrected chi connectivity index (χ3v) is 1.37. The van der Waals surface area contributed by atoms with Gasteiger partial charge in [0.1, 0.15) is 0 Å². The Morgan fingerprint density at radius 3 is 0.875 bits per heavy atom. The SMILES string of the molecule is C.C.C.CCC.CCCC.CCCC(C)C. The predicted octanol–water partition coefficient (Wildman–Crippen LogP) is 7.57. The highest BCUT2D eigenvalue weighted by molar-refractivity contribution is 4.38. The van der Waals surface area contributed by atoms with E-state index >= 15 is 0 Å². The molecule has 0 heteroatoms. The maximum absolute atomic E-state index is 2.25. The molecular weight excluding hydrogens is 192 g/mol. The van der Waals surface area contributed by atoms with E-state index in [0.29, 0.717) is 0 Å². The van der Waals surface area contributed by atoms with Gasteiger partial charge in [0.25, 0.3) is 0 Å². The summed E-state index contributed by atoms with van der Waals surface area (Å²) in [6.45, 7) is 15.3. The molecule has 0 rings (SSSR count). The summed E-state index contributed by atoms with van der Waals surface area (Å²) in [6, 6.07) is 0. The molecule has 0 aromatic heterocycles. The van der Waals surface area contributed by atoms with E-state index in [-0.39, 0.29) is 22.3 Å². The second-order valence-electron chi connectivity index (χ2n) is 3.89. The summed E-state index contributed by atoms with van der Waals surface area (Å²) < 4.78 is 0. The van der Waals surface area contributed by atoms with Crippen LogP contribution in [0.1, 0.15) is 103 Å². The molecule has 0 bridgehead atoms. The Kier molecular flexibility index (Phi) is 103. The molecule has 0 aliphatic carbocycles. The van der Waals surface area contributed by atoms with E-state index in [2.05, 4.69) is 48.5 Å². The van der Waals surface area contributed by atoms with Crippen molar-refractivity contribution in [1.82, 2.24) is 0 Å². The highest BCUT2D eigenvalue weighted by Crippen LogP contribution is 2.00. The van der Waals surface area contributed by atoms with E-state index < -0.39 is 0 Å². The summed E-state index contributed by atoms with van der Waals surface area (Å²) in [4.78, 5) is 0. The van der Waals surface area contributed by atoms with Crippen LogP contribution in [0.15, 0.2) is 0 Å². The molecular formula is C16H44. The molecule has 0 unspecified atom stereocenters. The van der Waals surface area contributed by atoms with Gasteiger partial charge in [-0.2, -0.15) is 0 Å². The van der Waals surface area contributed by atoms with Crippen LogP contribution in [-0.2, 0) is 0 Å². The minimum Gasteiger partial charge on any atom is -0.0776 e. The second-order valence-corrected chi connectivity index (χ2v) is 3.89. The van der Waals surface area contributed by atoms with E-state index in [4.69, 9.17) is 0 Å². The second kappa shape index (κ2) is 45.9. The largest absolute Gasteiger partial charge is 0.0776 e. The molecule has 0 aliphatic rings. The van der Waals surface area contributed by atoms with Gasteiger partial charge >= 0.3 is 0 Å². The fourth-order valence-electron chi connectivity index (χ4n) is 0.577. The summed E-state index contributed by atoms with van der Waals surface area (Å²) >= 11 is 0. The van der Waals surface area contributed by atoms with Crippen LogP contribution in [0.25, 0.3) is 0 Å². The average molecular weight is 237 g/mol. The van der Waals surface area contributed by atoms with Crippen molar-refractivity contribution in [3.63, 3.8) is 0 Å². The lowest BCUT2D eigenvalue weighted by atomic mass is 10.1. The van der Waals surface area contributed by atoms with E-state index in [1.807, 2.05) is 0 Å². The normalized spacial score (nSPS) is 6.75. The van der Waals surface area contributed by atoms with Gasteiger partial charge in [0.05, 0.1) is 0 Å². The van der Waals surface area contributed by atoms with Crippen molar-refractivity contribution in [2.24, 2.45) is 5.92 Å². The molecule has 0 nitrogen and oxygen atoms in total. The van der Waals surface area contributed by atoms with Crippen LogP contribution in [0.4, 0.5) is 0 Å². The van der Waals surface area contributed by atoms with Gasteiger partial charge in [0.15, 0.2) is 0 Å². The lowest BCUT2D eigenvalue weighted by Crippen LogP contribution is -1.81. The number of unbranched alkanes of at least 4 members (excludes halogenated alkanes) is 1. The molecule has 0 N–H and O–H groups in total. The fourth-order valence-corrected chi connectivity index (χ4v) is 0.577. The molecule has 0 heterocycles. The first-order chi connectivity index (χ1) is 6.10. The summed E-state index contributed by atoms with van der Waals surface area (Å²) in [6.07, 6.45) is 6.59. The van der Waals surface area contributed by atoms with E-state index in [9.17, 15) is 0 Å². The van der Waals surface area contributed by atoms with Crippen molar-refractivity contribution in [1.29, 1.82) is 0 Å². The number of rotatable bonds is 3. The van der Waals surface area contributed by atoms with Crippen LogP contribution >= 0.6 is 0 Å². The van der Waals surface area contributed by atoms with E-state index in [1.54, 1.807) is 0 Å². The molecule has 0 saturated heterocycles. The molecule has 16 heavy (non-hydrogen) atoms. The van der Waals surface area contributed by atoms with Gasteiger partial charge in [-0.25, -0.2) is 0 Å². The van der Waals surface area contributed by atoms with Crippen molar-refractivity contribution in [3.8, 4) is 0 Å². The average Bonchev–Trinajstić information content (AvgIpc) is 2.06. The molecule has 0 atom stereocenters. The van der Waals surface area contributed by atoms with Gasteiger partial charge in [-0.3, -0.25) is 0 Å². The molecule has 0 amide bonds. The Labute approximate surface area is 109 Å². The Balaban J connectivity index is -0.0000000226. The lowest BCUT2D eigenvalue weighted by Gasteiger charge is -1.95. The molecule has 0 spiro atoms. The van der Waals surface area contributed by atoms with Gasteiger partial charge in [-0.1, -0.05) is 103 Å². The predicted molar refractivity (Wildman–Crippen MR) is 86.5 cm³/mol. The zero-order valence-electron chi connectivity index (χ0n) is 11.1. The van der Waals surface area contributed by atoms with Crippen molar-refractivity contribution < 1.29 is 0 Å². The van der Waals surface area contributed by atoms with Crippen LogP contribution in [0.2, 0.25) is 0 Å². The first-order valence-corrected chi connectivity index (χ1v) is 6.10. The summed E-state index contributed by atoms with van der Waals surface area (Å²) in [5, 5.41) is 0. The first kappa shape index (κ1) is 36.0. The summed E-state index contributed by atoms with van der Waals surface area (Å²) in [7, 11) is 0. The van der Waals surface area contributed by atoms with Crippen LogP contribution in [0.3, 0.4) is 0 Å². The van der Waals surface area contributed by atoms with E-state index in [1.165, 1.54) is 32.1 Å². The Morgan fingerprint density at radius 2 is 0.875 bits per heavy atom. The van der Waals surface area contributed by atoms with Crippen molar-refractivity contribution in [3.05, 3.63) is 0 Å². The highest BCUT2D eigenvalue weighted by Gasteiger charge is 1.85. The van der Waals surface area contributed by atoms with Crippen LogP contribution in [0, 0.1) is 5.92 Å². The van der Waals surface area contributed by atoms with Gasteiger partial charge in [0.2, 0.25) is 0 Å². The Hall–Kier alpha value is 0. The van der Waals surface area contributed by atoms with Gasteiger partial charge < -0.3 is 0 Å². The lowest BCUT2D eigenvalue weighted by molar-refractivity contribution is 0.576. The zero-order valence-corrected chi connectivity index (χ0v) is 11.1. The minimum absolute atomic E-state index is 0. The summed E-state index contributed by atoms with van der Waals surface area (Å²) in [5.74, 6) is 0.898. The molecule has 0 aliphatic heterocycles. The quantitative estimate of drug-likeness (QED) is 0.474. The first-order valence-electron chi connectivity index (χ1n) is 6.10. The standard InChI is InChI=1S/C6H14.C4H10.C3H8.3CH4/c1-4-5-6(2)3;1-3-4-2;1-3-2;;;/h6H,4-5H2,1-3H3;3-4H2,1-2H3;3H2,1-2H3;3*1H4. The summed E-state index contributed by atoms with van der Waals surface area (Å²) in [5.41, 5.74) is 0. The van der Waals surface area contributed by atoms with Crippen LogP contribution in [0.5, 0.6) is 0 Å². The minimum atomic E-state index is 0. The molecule has 0 fully saturated rings. The maximum Gasteiger partial charge on any atom is -0.0471 e. The Morgan fingerprint density at radius 1 is 0.625 bits per heavy atom.